The van der Waals surface area contributed by atoms with Crippen molar-refractivity contribution in [2.75, 3.05) is 24.6 Å². The van der Waals surface area contributed by atoms with E-state index in [9.17, 15) is 19.5 Å². The minimum absolute atomic E-state index is 0.0749. The average Bonchev–Trinajstić information content (AvgIpc) is 3.45. The Kier molecular flexibility index (Phi) is 8.61. The highest BCUT2D eigenvalue weighted by Gasteiger charge is 2.34. The van der Waals surface area contributed by atoms with E-state index in [1.165, 1.54) is 0 Å². The van der Waals surface area contributed by atoms with Crippen LogP contribution >= 0.6 is 0 Å². The number of ketones is 1. The number of carboxylic acids is 1. The number of carboxylic acid groups (broad SMARTS) is 1. The number of hydrogen-bond donors (Lipinski definition) is 1. The lowest BCUT2D eigenvalue weighted by atomic mass is 10.0. The zero-order chi connectivity index (χ0) is 24.1. The molecule has 0 spiro atoms. The first kappa shape index (κ1) is 25.6. The second-order valence-electron chi connectivity index (χ2n) is 9.08. The van der Waals surface area contributed by atoms with Crippen molar-refractivity contribution in [2.45, 2.75) is 59.2 Å². The van der Waals surface area contributed by atoms with E-state index in [2.05, 4.69) is 13.5 Å². The number of aliphatic carboxylic acids is 1. The van der Waals surface area contributed by atoms with Gasteiger partial charge in [0, 0.05) is 23.4 Å². The first-order chi connectivity index (χ1) is 15.0. The number of ether oxygens (including phenoxy) is 2. The molecule has 32 heavy (non-hydrogen) atoms. The molecule has 4 atom stereocenters. The van der Waals surface area contributed by atoms with Crippen molar-refractivity contribution >= 4 is 23.4 Å². The van der Waals surface area contributed by atoms with Crippen LogP contribution in [0.3, 0.4) is 0 Å². The van der Waals surface area contributed by atoms with Gasteiger partial charge in [0.25, 0.3) is 0 Å². The van der Waals surface area contributed by atoms with Gasteiger partial charge in [0.2, 0.25) is 0 Å². The van der Waals surface area contributed by atoms with E-state index in [4.69, 9.17) is 9.47 Å². The standard InChI is InChI=1S/C25H35NO6/c1-7-25(6,32-24(30)16(2)3)15-31-18(5)23(29)19-8-10-21(11-9-19)26(14-22(27)28)13-20-12-17(20)4/h8-11,17-18,20H,2,7,12-15H2,1,3-6H3,(H,27,28)/t17-,18?,20?,25?/m0/s1. The van der Waals surface area contributed by atoms with Crippen LogP contribution < -0.4 is 4.90 Å². The molecule has 0 radical (unpaired) electrons. The van der Waals surface area contributed by atoms with Crippen LogP contribution in [0.25, 0.3) is 0 Å². The highest BCUT2D eigenvalue weighted by atomic mass is 16.6. The second-order valence-corrected chi connectivity index (χ2v) is 9.08. The third-order valence-electron chi connectivity index (χ3n) is 6.02. The van der Waals surface area contributed by atoms with E-state index >= 15 is 0 Å². The Morgan fingerprint density at radius 3 is 2.34 bits per heavy atom. The number of carbonyl (C=O) groups excluding carboxylic acids is 2. The largest absolute Gasteiger partial charge is 0.480 e. The summed E-state index contributed by atoms with van der Waals surface area (Å²) < 4.78 is 11.2. The van der Waals surface area contributed by atoms with Crippen LogP contribution in [0, 0.1) is 11.8 Å². The summed E-state index contributed by atoms with van der Waals surface area (Å²) in [5.41, 5.74) is 0.712. The Bertz CT molecular complexity index is 848. The molecule has 1 aliphatic rings. The van der Waals surface area contributed by atoms with Gasteiger partial charge in [0.05, 0.1) is 6.61 Å². The molecule has 176 valence electrons. The Morgan fingerprint density at radius 2 is 1.88 bits per heavy atom. The summed E-state index contributed by atoms with van der Waals surface area (Å²) >= 11 is 0. The summed E-state index contributed by atoms with van der Waals surface area (Å²) in [6.45, 7) is 13.3. The molecule has 1 aliphatic carbocycles. The van der Waals surface area contributed by atoms with Gasteiger partial charge < -0.3 is 19.5 Å². The SMILES string of the molecule is C=C(C)C(=O)OC(C)(CC)COC(C)C(=O)c1ccc(N(CC(=O)O)CC2C[C@@H]2C)cc1. The molecule has 0 heterocycles. The van der Waals surface area contributed by atoms with E-state index in [1.807, 2.05) is 11.8 Å². The number of hydrogen-bond acceptors (Lipinski definition) is 6. The second kappa shape index (κ2) is 10.8. The highest BCUT2D eigenvalue weighted by molar-refractivity contribution is 5.99. The Labute approximate surface area is 190 Å². The summed E-state index contributed by atoms with van der Waals surface area (Å²) in [6, 6.07) is 6.95. The molecule has 7 nitrogen and oxygen atoms in total. The summed E-state index contributed by atoms with van der Waals surface area (Å²) in [5, 5.41) is 9.24. The molecule has 0 saturated heterocycles. The first-order valence-electron chi connectivity index (χ1n) is 11.1. The van der Waals surface area contributed by atoms with Gasteiger partial charge in [-0.3, -0.25) is 9.59 Å². The monoisotopic (exact) mass is 445 g/mol. The van der Waals surface area contributed by atoms with Gasteiger partial charge in [0.1, 0.15) is 18.2 Å². The van der Waals surface area contributed by atoms with Crippen LogP contribution in [0.15, 0.2) is 36.4 Å². The molecule has 0 bridgehead atoms. The van der Waals surface area contributed by atoms with Gasteiger partial charge in [-0.2, -0.15) is 0 Å². The molecule has 2 rings (SSSR count). The van der Waals surface area contributed by atoms with Crippen molar-refractivity contribution in [3.8, 4) is 0 Å². The maximum Gasteiger partial charge on any atom is 0.333 e. The number of nitrogens with zero attached hydrogens (tertiary/aromatic N) is 1. The number of rotatable bonds is 13. The minimum atomic E-state index is -0.883. The normalized spacial score (nSPS) is 20.0. The lowest BCUT2D eigenvalue weighted by Gasteiger charge is -2.29. The molecule has 3 unspecified atom stereocenters. The summed E-state index contributed by atoms with van der Waals surface area (Å²) in [6.07, 6.45) is 0.915. The topological polar surface area (TPSA) is 93.1 Å². The van der Waals surface area contributed by atoms with E-state index in [-0.39, 0.29) is 18.9 Å². The van der Waals surface area contributed by atoms with Crippen LogP contribution in [0.4, 0.5) is 5.69 Å². The van der Waals surface area contributed by atoms with Crippen LogP contribution in [0.1, 0.15) is 57.8 Å². The molecule has 1 N–H and O–H groups in total. The number of Topliss-reactive ketones (excluding diaryl/α,β-unsaturated/α-hetero) is 1. The van der Waals surface area contributed by atoms with Crippen molar-refractivity contribution < 1.29 is 29.0 Å². The van der Waals surface area contributed by atoms with E-state index in [1.54, 1.807) is 45.0 Å². The molecule has 1 aromatic carbocycles. The van der Waals surface area contributed by atoms with Gasteiger partial charge in [-0.15, -0.1) is 0 Å². The highest BCUT2D eigenvalue weighted by Crippen LogP contribution is 2.39. The van der Waals surface area contributed by atoms with E-state index in [0.717, 1.165) is 12.1 Å². The maximum atomic E-state index is 12.8. The van der Waals surface area contributed by atoms with E-state index < -0.39 is 23.6 Å². The zero-order valence-corrected chi connectivity index (χ0v) is 19.7. The molecule has 1 aromatic rings. The number of benzene rings is 1. The molecular formula is C25H35NO6. The van der Waals surface area contributed by atoms with Gasteiger partial charge in [-0.25, -0.2) is 4.79 Å². The molecule has 1 saturated carbocycles. The first-order valence-corrected chi connectivity index (χ1v) is 11.1. The van der Waals surface area contributed by atoms with Crippen molar-refractivity contribution in [2.24, 2.45) is 11.8 Å². The number of carbonyl (C=O) groups is 3. The van der Waals surface area contributed by atoms with Crippen LogP contribution in [-0.4, -0.2) is 54.2 Å². The molecule has 0 aliphatic heterocycles. The quantitative estimate of drug-likeness (QED) is 0.277. The van der Waals surface area contributed by atoms with Crippen molar-refractivity contribution in [3.05, 3.63) is 42.0 Å². The lowest BCUT2D eigenvalue weighted by Crippen LogP contribution is -2.38. The predicted molar refractivity (Wildman–Crippen MR) is 123 cm³/mol. The molecular weight excluding hydrogens is 410 g/mol. The summed E-state index contributed by atoms with van der Waals surface area (Å²) in [4.78, 5) is 37.8. The van der Waals surface area contributed by atoms with Crippen molar-refractivity contribution in [1.29, 1.82) is 0 Å². The third kappa shape index (κ3) is 7.19. The number of esters is 1. The third-order valence-corrected chi connectivity index (χ3v) is 6.02. The molecule has 1 fully saturated rings. The number of anilines is 1. The van der Waals surface area contributed by atoms with Crippen molar-refractivity contribution in [1.82, 2.24) is 0 Å². The maximum absolute atomic E-state index is 12.8. The Balaban J connectivity index is 2.00. The van der Waals surface area contributed by atoms with Gasteiger partial charge in [0.15, 0.2) is 5.78 Å². The minimum Gasteiger partial charge on any atom is -0.480 e. The van der Waals surface area contributed by atoms with Crippen LogP contribution in [-0.2, 0) is 19.1 Å². The van der Waals surface area contributed by atoms with Crippen LogP contribution in [0.5, 0.6) is 0 Å². The zero-order valence-electron chi connectivity index (χ0n) is 19.7. The lowest BCUT2D eigenvalue weighted by molar-refractivity contribution is -0.161. The Morgan fingerprint density at radius 1 is 1.28 bits per heavy atom. The van der Waals surface area contributed by atoms with Crippen LogP contribution in [0.2, 0.25) is 0 Å². The fourth-order valence-corrected chi connectivity index (χ4v) is 3.32. The Hall–Kier alpha value is -2.67. The average molecular weight is 446 g/mol. The van der Waals surface area contributed by atoms with Gasteiger partial charge in [-0.1, -0.05) is 20.4 Å². The molecule has 0 aromatic heterocycles. The van der Waals surface area contributed by atoms with Crippen molar-refractivity contribution in [3.63, 3.8) is 0 Å². The fraction of sp³-hybridized carbons (Fsp3) is 0.560. The van der Waals surface area contributed by atoms with E-state index in [0.29, 0.717) is 35.9 Å². The van der Waals surface area contributed by atoms with Gasteiger partial charge >= 0.3 is 11.9 Å². The molecule has 0 amide bonds. The smallest absolute Gasteiger partial charge is 0.333 e. The predicted octanol–water partition coefficient (Wildman–Crippen LogP) is 4.11. The fourth-order valence-electron chi connectivity index (χ4n) is 3.32. The van der Waals surface area contributed by atoms with Gasteiger partial charge in [-0.05, 0) is 69.7 Å². The summed E-state index contributed by atoms with van der Waals surface area (Å²) in [7, 11) is 0. The summed E-state index contributed by atoms with van der Waals surface area (Å²) in [5.74, 6) is -0.433. The molecule has 7 heteroatoms.